The molecule has 1 aliphatic rings. The highest BCUT2D eigenvalue weighted by molar-refractivity contribution is 5.86. The first kappa shape index (κ1) is 10.7. The van der Waals surface area contributed by atoms with Crippen LogP contribution in [0.5, 0.6) is 0 Å². The van der Waals surface area contributed by atoms with E-state index in [9.17, 15) is 4.79 Å². The second-order valence-electron chi connectivity index (χ2n) is 3.78. The molecular weight excluding hydrogens is 204 g/mol. The fraction of sp³-hybridized carbons (Fsp3) is 0.500. The lowest BCUT2D eigenvalue weighted by Crippen LogP contribution is -2.29. The van der Waals surface area contributed by atoms with Gasteiger partial charge in [-0.25, -0.2) is 9.78 Å². The van der Waals surface area contributed by atoms with Crippen molar-refractivity contribution in [3.05, 3.63) is 24.0 Å². The van der Waals surface area contributed by atoms with Gasteiger partial charge in [0.2, 0.25) is 0 Å². The van der Waals surface area contributed by atoms with Gasteiger partial charge in [-0.15, -0.1) is 0 Å². The number of methoxy groups -OCH3 is 1. The molecule has 0 saturated carbocycles. The minimum absolute atomic E-state index is 0.184. The Morgan fingerprint density at radius 3 is 2.69 bits per heavy atom. The van der Waals surface area contributed by atoms with Gasteiger partial charge in [0.25, 0.3) is 0 Å². The summed E-state index contributed by atoms with van der Waals surface area (Å²) in [5, 5.41) is 0. The van der Waals surface area contributed by atoms with Gasteiger partial charge in [0.05, 0.1) is 13.3 Å². The highest BCUT2D eigenvalue weighted by atomic mass is 16.5. The molecule has 1 aromatic heterocycles. The van der Waals surface area contributed by atoms with E-state index in [4.69, 9.17) is 0 Å². The largest absolute Gasteiger partial charge is 0.464 e. The zero-order valence-corrected chi connectivity index (χ0v) is 9.32. The zero-order valence-electron chi connectivity index (χ0n) is 9.32. The summed E-state index contributed by atoms with van der Waals surface area (Å²) in [6.07, 6.45) is 5.35. The average Bonchev–Trinajstić information content (AvgIpc) is 2.39. The maximum Gasteiger partial charge on any atom is 0.365 e. The Kier molecular flexibility index (Phi) is 3.25. The van der Waals surface area contributed by atoms with Gasteiger partial charge in [0.1, 0.15) is 5.69 Å². The summed E-state index contributed by atoms with van der Waals surface area (Å²) in [6, 6.07) is 5.69. The monoisotopic (exact) mass is 218 g/mol. The summed E-state index contributed by atoms with van der Waals surface area (Å²) in [7, 11) is 1.33. The van der Waals surface area contributed by atoms with Crippen LogP contribution in [0, 0.1) is 12.1 Å². The number of piperidine rings is 1. The first-order valence-electron chi connectivity index (χ1n) is 5.44. The maximum absolute atomic E-state index is 11.2. The number of esters is 1. The van der Waals surface area contributed by atoms with Crippen LogP contribution in [0.4, 0.5) is 5.69 Å². The highest BCUT2D eigenvalue weighted by Crippen LogP contribution is 2.16. The van der Waals surface area contributed by atoms with Crippen molar-refractivity contribution in [1.82, 2.24) is 4.98 Å². The van der Waals surface area contributed by atoms with Crippen molar-refractivity contribution in [2.45, 2.75) is 19.3 Å². The quantitative estimate of drug-likeness (QED) is 0.705. The highest BCUT2D eigenvalue weighted by Gasteiger charge is 2.12. The molecule has 0 bridgehead atoms. The van der Waals surface area contributed by atoms with E-state index in [2.05, 4.69) is 26.8 Å². The second kappa shape index (κ2) is 4.84. The molecule has 0 radical (unpaired) electrons. The molecule has 0 spiro atoms. The molecule has 0 amide bonds. The minimum Gasteiger partial charge on any atom is -0.464 e. The van der Waals surface area contributed by atoms with Crippen LogP contribution >= 0.6 is 0 Å². The van der Waals surface area contributed by atoms with Crippen LogP contribution in [0.1, 0.15) is 29.8 Å². The molecular formula is C12H14N2O2. The van der Waals surface area contributed by atoms with Gasteiger partial charge in [-0.3, -0.25) is 0 Å². The molecule has 1 aliphatic heterocycles. The van der Waals surface area contributed by atoms with E-state index in [1.54, 1.807) is 6.20 Å². The smallest absolute Gasteiger partial charge is 0.365 e. The Balaban J connectivity index is 2.09. The number of anilines is 1. The molecule has 16 heavy (non-hydrogen) atoms. The van der Waals surface area contributed by atoms with Crippen LogP contribution in [0.25, 0.3) is 0 Å². The summed E-state index contributed by atoms with van der Waals surface area (Å²) in [6.45, 7) is 2.06. The summed E-state index contributed by atoms with van der Waals surface area (Å²) < 4.78 is 4.56. The maximum atomic E-state index is 11.2. The third-order valence-electron chi connectivity index (χ3n) is 2.70. The molecule has 4 nitrogen and oxygen atoms in total. The Bertz CT molecular complexity index is 356. The van der Waals surface area contributed by atoms with Crippen molar-refractivity contribution in [3.8, 4) is 0 Å². The molecule has 1 saturated heterocycles. The van der Waals surface area contributed by atoms with E-state index in [1.807, 2.05) is 0 Å². The van der Waals surface area contributed by atoms with Crippen molar-refractivity contribution < 1.29 is 9.53 Å². The van der Waals surface area contributed by atoms with Gasteiger partial charge in [-0.05, 0) is 31.4 Å². The topological polar surface area (TPSA) is 42.4 Å². The van der Waals surface area contributed by atoms with Crippen LogP contribution in [0.3, 0.4) is 0 Å². The van der Waals surface area contributed by atoms with Crippen LogP contribution in [0.2, 0.25) is 0 Å². The Morgan fingerprint density at radius 2 is 2.12 bits per heavy atom. The van der Waals surface area contributed by atoms with Crippen molar-refractivity contribution in [2.24, 2.45) is 0 Å². The van der Waals surface area contributed by atoms with Crippen LogP contribution in [0.15, 0.2) is 6.20 Å². The molecule has 0 aliphatic carbocycles. The zero-order chi connectivity index (χ0) is 11.4. The standard InChI is InChI=1S/C12H14N2O2/c1-16-12(15)11-6-5-10(9-13-11)14-7-3-2-4-8-14/h9H,2-4,7-8H2,1H3. The molecule has 4 heteroatoms. The normalized spacial score (nSPS) is 15.4. The summed E-state index contributed by atoms with van der Waals surface area (Å²) in [5.74, 6) is -0.471. The third-order valence-corrected chi connectivity index (χ3v) is 2.70. The molecule has 0 aromatic carbocycles. The first-order chi connectivity index (χ1) is 7.81. The Labute approximate surface area is 95.2 Å². The molecule has 0 atom stereocenters. The third kappa shape index (κ3) is 2.25. The number of hydrogen-bond donors (Lipinski definition) is 0. The van der Waals surface area contributed by atoms with E-state index in [1.165, 1.54) is 26.4 Å². The number of hydrogen-bond acceptors (Lipinski definition) is 4. The molecule has 84 valence electrons. The predicted molar refractivity (Wildman–Crippen MR) is 59.3 cm³/mol. The fourth-order valence-corrected chi connectivity index (χ4v) is 1.81. The Morgan fingerprint density at radius 1 is 1.38 bits per heavy atom. The van der Waals surface area contributed by atoms with Crippen LogP contribution < -0.4 is 4.90 Å². The molecule has 1 aromatic rings. The first-order valence-corrected chi connectivity index (χ1v) is 5.44. The van der Waals surface area contributed by atoms with Crippen molar-refractivity contribution in [1.29, 1.82) is 0 Å². The molecule has 0 N–H and O–H groups in total. The number of ether oxygens (including phenoxy) is 1. The molecule has 0 unspecified atom stereocenters. The van der Waals surface area contributed by atoms with E-state index in [-0.39, 0.29) is 5.69 Å². The number of nitrogens with zero attached hydrogens (tertiary/aromatic N) is 2. The fourth-order valence-electron chi connectivity index (χ4n) is 1.81. The number of carbonyl (C=O) groups is 1. The summed E-state index contributed by atoms with van der Waals surface area (Å²) >= 11 is 0. The predicted octanol–water partition coefficient (Wildman–Crippen LogP) is 1.46. The lowest BCUT2D eigenvalue weighted by molar-refractivity contribution is 0.0594. The Hall–Kier alpha value is -1.76. The lowest BCUT2D eigenvalue weighted by Gasteiger charge is -2.26. The van der Waals surface area contributed by atoms with E-state index in [0.29, 0.717) is 0 Å². The van der Waals surface area contributed by atoms with Gasteiger partial charge in [0.15, 0.2) is 5.69 Å². The van der Waals surface area contributed by atoms with E-state index in [0.717, 1.165) is 18.8 Å². The number of carbonyl (C=O) groups excluding carboxylic acids is 1. The molecule has 1 fully saturated rings. The van der Waals surface area contributed by atoms with Crippen LogP contribution in [-0.2, 0) is 4.74 Å². The van der Waals surface area contributed by atoms with Crippen molar-refractivity contribution in [2.75, 3.05) is 25.1 Å². The number of aromatic nitrogens is 1. The second-order valence-corrected chi connectivity index (χ2v) is 3.78. The van der Waals surface area contributed by atoms with E-state index < -0.39 is 5.97 Å². The van der Waals surface area contributed by atoms with Crippen molar-refractivity contribution in [3.63, 3.8) is 0 Å². The van der Waals surface area contributed by atoms with Gasteiger partial charge in [-0.1, -0.05) is 0 Å². The molecule has 2 heterocycles. The summed E-state index contributed by atoms with van der Waals surface area (Å²) in [5.41, 5.74) is 1.09. The summed E-state index contributed by atoms with van der Waals surface area (Å²) in [4.78, 5) is 17.4. The SMILES string of the molecule is COC(=O)c1c#cc(N2CCCCC2)cn1. The van der Waals surface area contributed by atoms with Gasteiger partial charge in [-0.2, -0.15) is 0 Å². The minimum atomic E-state index is -0.471. The van der Waals surface area contributed by atoms with Crippen LogP contribution in [-0.4, -0.2) is 31.2 Å². The van der Waals surface area contributed by atoms with Gasteiger partial charge >= 0.3 is 5.97 Å². The van der Waals surface area contributed by atoms with Gasteiger partial charge in [0, 0.05) is 13.1 Å². The average molecular weight is 218 g/mol. The molecule has 2 rings (SSSR count). The van der Waals surface area contributed by atoms with E-state index >= 15 is 0 Å². The number of rotatable bonds is 2. The van der Waals surface area contributed by atoms with Gasteiger partial charge < -0.3 is 9.64 Å². The lowest BCUT2D eigenvalue weighted by atomic mass is 10.1. The van der Waals surface area contributed by atoms with Crippen molar-refractivity contribution >= 4 is 11.7 Å².